The summed E-state index contributed by atoms with van der Waals surface area (Å²) >= 11 is 0. The molecule has 0 aliphatic heterocycles. The lowest BCUT2D eigenvalue weighted by molar-refractivity contribution is 0.602. The van der Waals surface area contributed by atoms with Crippen LogP contribution in [0, 0.1) is 0 Å². The number of fused-ring (bicyclic) bond motifs is 1. The number of anilines is 1. The number of nitrogens with zero attached hydrogens (tertiary/aromatic N) is 2. The zero-order valence-electron chi connectivity index (χ0n) is 11.7. The monoisotopic (exact) mass is 301 g/mol. The number of nitrogens with two attached hydrogens (primary N) is 1. The molecule has 1 aromatic heterocycles. The first-order valence-corrected chi connectivity index (χ1v) is 8.28. The fraction of sp³-hybridized carbons (Fsp3) is 0.133. The molecule has 1 heterocycles. The van der Waals surface area contributed by atoms with Gasteiger partial charge in [0.2, 0.25) is 0 Å². The van der Waals surface area contributed by atoms with E-state index in [1.807, 2.05) is 35.9 Å². The molecule has 108 valence electrons. The van der Waals surface area contributed by atoms with Crippen molar-refractivity contribution in [3.05, 3.63) is 42.5 Å². The fourth-order valence-corrected chi connectivity index (χ4v) is 2.99. The van der Waals surface area contributed by atoms with Gasteiger partial charge in [-0.05, 0) is 30.3 Å². The normalized spacial score (nSPS) is 11.9. The minimum atomic E-state index is -3.24. The highest BCUT2D eigenvalue weighted by molar-refractivity contribution is 7.90. The van der Waals surface area contributed by atoms with Gasteiger partial charge in [0.15, 0.2) is 9.84 Å². The first-order valence-electron chi connectivity index (χ1n) is 6.39. The Morgan fingerprint density at radius 2 is 1.90 bits per heavy atom. The van der Waals surface area contributed by atoms with Crippen molar-refractivity contribution in [3.8, 4) is 11.4 Å². The molecule has 0 bridgehead atoms. The number of aromatic nitrogens is 2. The van der Waals surface area contributed by atoms with E-state index in [0.29, 0.717) is 11.2 Å². The smallest absolute Gasteiger partial charge is 0.175 e. The largest absolute Gasteiger partial charge is 0.399 e. The lowest BCUT2D eigenvalue weighted by Crippen LogP contribution is -1.96. The number of hydrogen-bond donors (Lipinski definition) is 1. The van der Waals surface area contributed by atoms with Crippen LogP contribution < -0.4 is 5.73 Å². The van der Waals surface area contributed by atoms with E-state index in [0.717, 1.165) is 16.9 Å². The Morgan fingerprint density at radius 1 is 1.14 bits per heavy atom. The lowest BCUT2D eigenvalue weighted by atomic mass is 10.2. The summed E-state index contributed by atoms with van der Waals surface area (Å²) < 4.78 is 25.2. The number of benzene rings is 2. The molecule has 5 nitrogen and oxygen atoms in total. The van der Waals surface area contributed by atoms with Gasteiger partial charge in [-0.3, -0.25) is 0 Å². The van der Waals surface area contributed by atoms with Gasteiger partial charge >= 0.3 is 0 Å². The molecule has 0 aliphatic rings. The summed E-state index contributed by atoms with van der Waals surface area (Å²) in [4.78, 5) is 4.81. The predicted molar refractivity (Wildman–Crippen MR) is 83.7 cm³/mol. The second kappa shape index (κ2) is 4.60. The van der Waals surface area contributed by atoms with Gasteiger partial charge in [0.05, 0.1) is 15.9 Å². The van der Waals surface area contributed by atoms with Gasteiger partial charge < -0.3 is 10.3 Å². The maximum absolute atomic E-state index is 11.6. The van der Waals surface area contributed by atoms with E-state index in [4.69, 9.17) is 5.73 Å². The molecule has 0 fully saturated rings. The van der Waals surface area contributed by atoms with Crippen molar-refractivity contribution in [2.24, 2.45) is 7.05 Å². The van der Waals surface area contributed by atoms with Crippen LogP contribution in [0.1, 0.15) is 0 Å². The van der Waals surface area contributed by atoms with Crippen molar-refractivity contribution in [1.82, 2.24) is 9.55 Å². The minimum absolute atomic E-state index is 0.271. The standard InChI is InChI=1S/C15H15N3O2S/c1-18-14-7-6-12(21(2,19)20)9-13(14)17-15(18)10-4-3-5-11(16)8-10/h3-9H,16H2,1-2H3. The Bertz CT molecular complexity index is 943. The zero-order chi connectivity index (χ0) is 15.2. The van der Waals surface area contributed by atoms with E-state index >= 15 is 0 Å². The summed E-state index contributed by atoms with van der Waals surface area (Å²) in [7, 11) is -1.34. The number of hydrogen-bond acceptors (Lipinski definition) is 4. The van der Waals surface area contributed by atoms with Crippen molar-refractivity contribution in [1.29, 1.82) is 0 Å². The molecule has 2 N–H and O–H groups in total. The molecule has 0 atom stereocenters. The highest BCUT2D eigenvalue weighted by Gasteiger charge is 2.13. The number of aryl methyl sites for hydroxylation is 1. The van der Waals surface area contributed by atoms with E-state index < -0.39 is 9.84 Å². The molecule has 0 radical (unpaired) electrons. The van der Waals surface area contributed by atoms with Gasteiger partial charge in [0.1, 0.15) is 5.82 Å². The second-order valence-corrected chi connectivity index (χ2v) is 7.06. The first-order chi connectivity index (χ1) is 9.86. The Balaban J connectivity index is 2.24. The molecule has 3 aromatic rings. The molecule has 0 amide bonds. The maximum atomic E-state index is 11.6. The van der Waals surface area contributed by atoms with Gasteiger partial charge in [0.25, 0.3) is 0 Å². The first kappa shape index (κ1) is 13.6. The summed E-state index contributed by atoms with van der Waals surface area (Å²) in [5, 5.41) is 0. The van der Waals surface area contributed by atoms with Crippen molar-refractivity contribution in [2.45, 2.75) is 4.90 Å². The van der Waals surface area contributed by atoms with E-state index in [1.54, 1.807) is 18.2 Å². The number of imidazole rings is 1. The molecular weight excluding hydrogens is 286 g/mol. The Kier molecular flexibility index (Phi) is 2.98. The summed E-state index contributed by atoms with van der Waals surface area (Å²) in [5.41, 5.74) is 8.89. The van der Waals surface area contributed by atoms with E-state index in [9.17, 15) is 8.42 Å². The minimum Gasteiger partial charge on any atom is -0.399 e. The lowest BCUT2D eigenvalue weighted by Gasteiger charge is -2.03. The van der Waals surface area contributed by atoms with Crippen LogP contribution in [-0.4, -0.2) is 24.2 Å². The third-order valence-electron chi connectivity index (χ3n) is 3.43. The molecule has 0 spiro atoms. The third-order valence-corrected chi connectivity index (χ3v) is 4.54. The Hall–Kier alpha value is -2.34. The topological polar surface area (TPSA) is 78.0 Å². The van der Waals surface area contributed by atoms with E-state index in [2.05, 4.69) is 4.98 Å². The van der Waals surface area contributed by atoms with Crippen LogP contribution in [0.15, 0.2) is 47.4 Å². The fourth-order valence-electron chi connectivity index (χ4n) is 2.35. The molecule has 21 heavy (non-hydrogen) atoms. The molecule has 0 saturated heterocycles. The second-order valence-electron chi connectivity index (χ2n) is 5.04. The number of nitrogen functional groups attached to an aromatic ring is 1. The van der Waals surface area contributed by atoms with Crippen LogP contribution >= 0.6 is 0 Å². The highest BCUT2D eigenvalue weighted by atomic mass is 32.2. The van der Waals surface area contributed by atoms with E-state index in [-0.39, 0.29) is 4.90 Å². The van der Waals surface area contributed by atoms with Crippen molar-refractivity contribution >= 4 is 26.6 Å². The van der Waals surface area contributed by atoms with Crippen LogP contribution in [0.25, 0.3) is 22.4 Å². The van der Waals surface area contributed by atoms with Crippen LogP contribution in [0.2, 0.25) is 0 Å². The molecule has 0 aliphatic carbocycles. The average Bonchev–Trinajstić information content (AvgIpc) is 2.75. The summed E-state index contributed by atoms with van der Waals surface area (Å²) in [6.45, 7) is 0. The molecule has 2 aromatic carbocycles. The molecule has 0 unspecified atom stereocenters. The van der Waals surface area contributed by atoms with Gasteiger partial charge in [-0.2, -0.15) is 0 Å². The van der Waals surface area contributed by atoms with Crippen LogP contribution in [0.3, 0.4) is 0 Å². The average molecular weight is 301 g/mol. The molecule has 0 saturated carbocycles. The van der Waals surface area contributed by atoms with Gasteiger partial charge in [-0.1, -0.05) is 12.1 Å². The molecule has 3 rings (SSSR count). The van der Waals surface area contributed by atoms with Crippen molar-refractivity contribution in [3.63, 3.8) is 0 Å². The molecule has 6 heteroatoms. The predicted octanol–water partition coefficient (Wildman–Crippen LogP) is 2.23. The van der Waals surface area contributed by atoms with Gasteiger partial charge in [0, 0.05) is 24.6 Å². The summed E-state index contributed by atoms with van der Waals surface area (Å²) in [6.07, 6.45) is 1.19. The van der Waals surface area contributed by atoms with Crippen LogP contribution in [0.5, 0.6) is 0 Å². The maximum Gasteiger partial charge on any atom is 0.175 e. The summed E-state index contributed by atoms with van der Waals surface area (Å²) in [6, 6.07) is 12.4. The van der Waals surface area contributed by atoms with Crippen molar-refractivity contribution in [2.75, 3.05) is 12.0 Å². The van der Waals surface area contributed by atoms with Crippen LogP contribution in [-0.2, 0) is 16.9 Å². The van der Waals surface area contributed by atoms with Gasteiger partial charge in [-0.15, -0.1) is 0 Å². The van der Waals surface area contributed by atoms with Crippen molar-refractivity contribution < 1.29 is 8.42 Å². The Labute approximate surface area is 123 Å². The number of rotatable bonds is 2. The zero-order valence-corrected chi connectivity index (χ0v) is 12.6. The number of sulfone groups is 1. The summed E-state index contributed by atoms with van der Waals surface area (Å²) in [5.74, 6) is 0.753. The quantitative estimate of drug-likeness (QED) is 0.736. The highest BCUT2D eigenvalue weighted by Crippen LogP contribution is 2.26. The van der Waals surface area contributed by atoms with Gasteiger partial charge in [-0.25, -0.2) is 13.4 Å². The van der Waals surface area contributed by atoms with Crippen LogP contribution in [0.4, 0.5) is 5.69 Å². The Morgan fingerprint density at radius 3 is 2.57 bits per heavy atom. The van der Waals surface area contributed by atoms with E-state index in [1.165, 1.54) is 6.26 Å². The molecular formula is C15H15N3O2S. The SMILES string of the molecule is Cn1c(-c2cccc(N)c2)nc2cc(S(C)(=O)=O)ccc21. The third kappa shape index (κ3) is 2.38.